The van der Waals surface area contributed by atoms with Crippen molar-refractivity contribution in [1.82, 2.24) is 4.57 Å². The lowest BCUT2D eigenvalue weighted by atomic mass is 10.0. The number of nitrogens with two attached hydrogens (primary N) is 1. The average Bonchev–Trinajstić information content (AvgIpc) is 3.40. The smallest absolute Gasteiger partial charge is 0.249 e. The summed E-state index contributed by atoms with van der Waals surface area (Å²) in [5.74, 6) is 0.394. The van der Waals surface area contributed by atoms with Gasteiger partial charge in [0.05, 0.1) is 24.7 Å². The van der Waals surface area contributed by atoms with E-state index in [0.717, 1.165) is 45.2 Å². The molecule has 0 spiro atoms. The molecule has 5 rings (SSSR count). The third kappa shape index (κ3) is 3.04. The summed E-state index contributed by atoms with van der Waals surface area (Å²) < 4.78 is 7.52. The van der Waals surface area contributed by atoms with Gasteiger partial charge in [-0.3, -0.25) is 4.79 Å². The largest absolute Gasteiger partial charge is 0.497 e. The van der Waals surface area contributed by atoms with Crippen molar-refractivity contribution in [1.29, 1.82) is 0 Å². The van der Waals surface area contributed by atoms with E-state index in [9.17, 15) is 4.79 Å². The van der Waals surface area contributed by atoms with Crippen molar-refractivity contribution in [3.05, 3.63) is 88.6 Å². The zero-order chi connectivity index (χ0) is 20.7. The van der Waals surface area contributed by atoms with E-state index in [1.54, 1.807) is 24.5 Å². The number of rotatable bonds is 5. The molecule has 1 radical (unpaired) electrons. The monoisotopic (exact) mass is 411 g/mol. The molecule has 2 aromatic heterocycles. The molecule has 2 heterocycles. The van der Waals surface area contributed by atoms with Crippen LogP contribution in [0.25, 0.3) is 32.9 Å². The minimum absolute atomic E-state index is 0.427. The highest BCUT2D eigenvalue weighted by Gasteiger charge is 2.17. The molecule has 0 aliphatic heterocycles. The fourth-order valence-corrected chi connectivity index (χ4v) is 4.63. The molecule has 0 unspecified atom stereocenters. The average molecular weight is 412 g/mol. The first-order chi connectivity index (χ1) is 14.7. The summed E-state index contributed by atoms with van der Waals surface area (Å²) in [5, 5.41) is 3.85. The van der Waals surface area contributed by atoms with E-state index in [2.05, 4.69) is 34.2 Å². The lowest BCUT2D eigenvalue weighted by molar-refractivity contribution is 0.100. The molecule has 0 saturated heterocycles. The summed E-state index contributed by atoms with van der Waals surface area (Å²) in [6.45, 7) is 0.722. The van der Waals surface area contributed by atoms with Gasteiger partial charge in [-0.2, -0.15) is 0 Å². The molecule has 4 nitrogen and oxygen atoms in total. The Bertz CT molecular complexity index is 1370. The summed E-state index contributed by atoms with van der Waals surface area (Å²) in [5.41, 5.74) is 10.4. The number of thiophene rings is 1. The summed E-state index contributed by atoms with van der Waals surface area (Å²) in [6.07, 6.45) is 0. The fourth-order valence-electron chi connectivity index (χ4n) is 3.94. The van der Waals surface area contributed by atoms with Crippen LogP contribution in [-0.4, -0.2) is 17.6 Å². The number of carbonyl (C=O) groups excluding carboxylic acids is 1. The number of amides is 1. The lowest BCUT2D eigenvalue weighted by Gasteiger charge is -2.08. The van der Waals surface area contributed by atoms with Gasteiger partial charge in [-0.15, -0.1) is 11.3 Å². The zero-order valence-electron chi connectivity index (χ0n) is 16.4. The quantitative estimate of drug-likeness (QED) is 0.416. The van der Waals surface area contributed by atoms with Gasteiger partial charge >= 0.3 is 0 Å². The van der Waals surface area contributed by atoms with Crippen molar-refractivity contribution in [2.24, 2.45) is 5.73 Å². The van der Waals surface area contributed by atoms with Crippen LogP contribution < -0.4 is 10.5 Å². The lowest BCUT2D eigenvalue weighted by Crippen LogP contribution is -2.11. The molecule has 5 heteroatoms. The van der Waals surface area contributed by atoms with E-state index < -0.39 is 5.91 Å². The Labute approximate surface area is 178 Å². The number of ether oxygens (including phenoxy) is 1. The summed E-state index contributed by atoms with van der Waals surface area (Å²) in [6, 6.07) is 25.4. The van der Waals surface area contributed by atoms with Crippen LogP contribution in [0.4, 0.5) is 0 Å². The highest BCUT2D eigenvalue weighted by atomic mass is 32.1. The van der Waals surface area contributed by atoms with Gasteiger partial charge in [-0.1, -0.05) is 24.3 Å². The molecular weight excluding hydrogens is 392 g/mol. The number of aromatic nitrogens is 1. The van der Waals surface area contributed by atoms with Crippen LogP contribution in [-0.2, 0) is 6.54 Å². The molecule has 0 saturated carbocycles. The Hall–Kier alpha value is -3.57. The van der Waals surface area contributed by atoms with Crippen molar-refractivity contribution < 1.29 is 9.53 Å². The second-order valence-electron chi connectivity index (χ2n) is 7.11. The highest BCUT2D eigenvalue weighted by Crippen LogP contribution is 2.35. The molecular formula is C25H19N2O2S. The van der Waals surface area contributed by atoms with Gasteiger partial charge in [0, 0.05) is 21.2 Å². The zero-order valence-corrected chi connectivity index (χ0v) is 17.2. The molecule has 5 aromatic rings. The number of methoxy groups -OCH3 is 1. The predicted molar refractivity (Wildman–Crippen MR) is 122 cm³/mol. The van der Waals surface area contributed by atoms with E-state index in [1.807, 2.05) is 42.5 Å². The van der Waals surface area contributed by atoms with Crippen molar-refractivity contribution in [3.8, 4) is 16.9 Å². The number of fused-ring (bicyclic) bond motifs is 3. The van der Waals surface area contributed by atoms with E-state index >= 15 is 0 Å². The molecule has 0 aliphatic carbocycles. The SMILES string of the molecule is COc1ccc(-c2c[c]c3c4c(C(N)=O)cccc4n(Cc4cccs4)c3c2)cc1. The molecule has 2 N–H and O–H groups in total. The van der Waals surface area contributed by atoms with Crippen LogP contribution in [0, 0.1) is 6.07 Å². The molecule has 0 atom stereocenters. The maximum atomic E-state index is 12.1. The van der Waals surface area contributed by atoms with E-state index in [1.165, 1.54) is 4.88 Å². The van der Waals surface area contributed by atoms with E-state index in [4.69, 9.17) is 10.5 Å². The second kappa shape index (κ2) is 7.35. The Morgan fingerprint density at radius 1 is 1.07 bits per heavy atom. The maximum Gasteiger partial charge on any atom is 0.249 e. The van der Waals surface area contributed by atoms with E-state index in [0.29, 0.717) is 5.56 Å². The van der Waals surface area contributed by atoms with Crippen molar-refractivity contribution >= 4 is 39.0 Å². The minimum Gasteiger partial charge on any atom is -0.497 e. The second-order valence-corrected chi connectivity index (χ2v) is 8.14. The third-order valence-corrected chi connectivity index (χ3v) is 6.24. The van der Waals surface area contributed by atoms with Crippen LogP contribution in [0.1, 0.15) is 15.2 Å². The minimum atomic E-state index is -0.427. The van der Waals surface area contributed by atoms with Crippen LogP contribution in [0.2, 0.25) is 0 Å². The van der Waals surface area contributed by atoms with Crippen LogP contribution >= 0.6 is 11.3 Å². The van der Waals surface area contributed by atoms with Gasteiger partial charge in [0.2, 0.25) is 5.91 Å². The van der Waals surface area contributed by atoms with Crippen LogP contribution in [0.5, 0.6) is 5.75 Å². The molecule has 0 bridgehead atoms. The van der Waals surface area contributed by atoms with Gasteiger partial charge in [0.15, 0.2) is 0 Å². The number of nitrogens with zero attached hydrogens (tertiary/aromatic N) is 1. The van der Waals surface area contributed by atoms with Gasteiger partial charge < -0.3 is 15.0 Å². The molecule has 30 heavy (non-hydrogen) atoms. The number of hydrogen-bond acceptors (Lipinski definition) is 3. The van der Waals surface area contributed by atoms with Crippen LogP contribution in [0.15, 0.2) is 72.1 Å². The highest BCUT2D eigenvalue weighted by molar-refractivity contribution is 7.09. The van der Waals surface area contributed by atoms with Crippen molar-refractivity contribution in [2.75, 3.05) is 7.11 Å². The molecule has 147 valence electrons. The molecule has 1 amide bonds. The third-order valence-electron chi connectivity index (χ3n) is 5.38. The number of hydrogen-bond donors (Lipinski definition) is 1. The number of benzene rings is 3. The summed E-state index contributed by atoms with van der Waals surface area (Å²) in [7, 11) is 1.66. The fraction of sp³-hybridized carbons (Fsp3) is 0.0800. The van der Waals surface area contributed by atoms with Crippen molar-refractivity contribution in [3.63, 3.8) is 0 Å². The van der Waals surface area contributed by atoms with Gasteiger partial charge in [0.1, 0.15) is 5.75 Å². The van der Waals surface area contributed by atoms with Gasteiger partial charge in [0.25, 0.3) is 0 Å². The Morgan fingerprint density at radius 2 is 1.90 bits per heavy atom. The predicted octanol–water partition coefficient (Wildman–Crippen LogP) is 5.48. The summed E-state index contributed by atoms with van der Waals surface area (Å²) in [4.78, 5) is 13.4. The topological polar surface area (TPSA) is 57.2 Å². The van der Waals surface area contributed by atoms with E-state index in [-0.39, 0.29) is 0 Å². The van der Waals surface area contributed by atoms with Crippen molar-refractivity contribution in [2.45, 2.75) is 6.54 Å². The Kier molecular flexibility index (Phi) is 4.52. The Balaban J connectivity index is 1.77. The van der Waals surface area contributed by atoms with Gasteiger partial charge in [-0.05, 0) is 65.0 Å². The molecule has 0 fully saturated rings. The summed E-state index contributed by atoms with van der Waals surface area (Å²) >= 11 is 1.72. The number of carbonyl (C=O) groups is 1. The molecule has 0 aliphatic rings. The normalized spacial score (nSPS) is 11.2. The first-order valence-corrected chi connectivity index (χ1v) is 10.5. The molecule has 3 aromatic carbocycles. The first kappa shape index (κ1) is 18.5. The van der Waals surface area contributed by atoms with Gasteiger partial charge in [-0.25, -0.2) is 0 Å². The maximum absolute atomic E-state index is 12.1. The standard InChI is InChI=1S/C25H19N2O2S/c1-29-18-10-7-16(8-11-18)17-9-12-20-23(14-17)27(15-19-4-3-13-30-19)22-6-2-5-21(24(20)22)25(26)28/h2-11,13-14H,15H2,1H3,(H2,26,28). The first-order valence-electron chi connectivity index (χ1n) is 9.59. The van der Waals surface area contributed by atoms with Crippen LogP contribution in [0.3, 0.4) is 0 Å². The Morgan fingerprint density at radius 3 is 2.60 bits per heavy atom. The number of primary amides is 1.